The third-order valence-corrected chi connectivity index (χ3v) is 4.14. The first-order valence-corrected chi connectivity index (χ1v) is 9.72. The Bertz CT molecular complexity index is 689. The third-order valence-electron chi connectivity index (χ3n) is 4.14. The molecule has 2 aromatic carbocycles. The van der Waals surface area contributed by atoms with E-state index in [1.165, 1.54) is 5.56 Å². The second-order valence-corrected chi connectivity index (χ2v) is 6.37. The zero-order valence-corrected chi connectivity index (χ0v) is 17.1. The van der Waals surface area contributed by atoms with Crippen molar-refractivity contribution in [2.45, 2.75) is 13.5 Å². The second kappa shape index (κ2) is 12.6. The Morgan fingerprint density at radius 1 is 1.04 bits per heavy atom. The predicted octanol–water partition coefficient (Wildman–Crippen LogP) is 3.22. The highest BCUT2D eigenvalue weighted by Crippen LogP contribution is 2.11. The number of nitrogens with one attached hydrogen (secondary N) is 2. The molecule has 0 amide bonds. The number of guanidine groups is 1. The van der Waals surface area contributed by atoms with Crippen LogP contribution in [-0.2, 0) is 11.3 Å². The van der Waals surface area contributed by atoms with Crippen molar-refractivity contribution in [3.05, 3.63) is 60.2 Å². The van der Waals surface area contributed by atoms with E-state index in [4.69, 9.17) is 14.5 Å². The van der Waals surface area contributed by atoms with Crippen molar-refractivity contribution >= 4 is 11.6 Å². The first-order chi connectivity index (χ1) is 13.7. The van der Waals surface area contributed by atoms with Crippen LogP contribution >= 0.6 is 0 Å². The molecule has 0 heterocycles. The third kappa shape index (κ3) is 7.88. The van der Waals surface area contributed by atoms with Crippen LogP contribution in [0.2, 0.25) is 0 Å². The molecule has 6 nitrogen and oxygen atoms in total. The van der Waals surface area contributed by atoms with Gasteiger partial charge < -0.3 is 25.0 Å². The van der Waals surface area contributed by atoms with E-state index in [0.717, 1.165) is 37.0 Å². The Hall–Kier alpha value is -2.73. The standard InChI is InChI=1S/C22H32N4O2/c1-4-23-22(26(2)15-17-28-21-8-6-5-7-9-21)25-18-19-10-12-20(13-11-19)24-14-16-27-3/h5-13,24H,4,14-18H2,1-3H3,(H,23,25). The summed E-state index contributed by atoms with van der Waals surface area (Å²) in [6.45, 7) is 6.38. The van der Waals surface area contributed by atoms with Gasteiger partial charge in [-0.15, -0.1) is 0 Å². The largest absolute Gasteiger partial charge is 0.492 e. The van der Waals surface area contributed by atoms with Gasteiger partial charge in [0, 0.05) is 32.9 Å². The summed E-state index contributed by atoms with van der Waals surface area (Å²) in [5, 5.41) is 6.66. The van der Waals surface area contributed by atoms with Gasteiger partial charge in [0.15, 0.2) is 5.96 Å². The lowest BCUT2D eigenvalue weighted by Gasteiger charge is -2.22. The monoisotopic (exact) mass is 384 g/mol. The van der Waals surface area contributed by atoms with Crippen LogP contribution < -0.4 is 15.4 Å². The fraction of sp³-hybridized carbons (Fsp3) is 0.409. The molecular formula is C22H32N4O2. The van der Waals surface area contributed by atoms with E-state index in [0.29, 0.717) is 19.8 Å². The summed E-state index contributed by atoms with van der Waals surface area (Å²) in [6.07, 6.45) is 0. The van der Waals surface area contributed by atoms with Crippen LogP contribution in [0.4, 0.5) is 5.69 Å². The average Bonchev–Trinajstić information content (AvgIpc) is 2.73. The Balaban J connectivity index is 1.84. The minimum Gasteiger partial charge on any atom is -0.492 e. The molecule has 0 aliphatic heterocycles. The Morgan fingerprint density at radius 3 is 2.46 bits per heavy atom. The maximum Gasteiger partial charge on any atom is 0.194 e. The fourth-order valence-electron chi connectivity index (χ4n) is 2.58. The van der Waals surface area contributed by atoms with Crippen LogP contribution in [0.25, 0.3) is 0 Å². The lowest BCUT2D eigenvalue weighted by Crippen LogP contribution is -2.40. The first-order valence-electron chi connectivity index (χ1n) is 9.72. The van der Waals surface area contributed by atoms with Crippen LogP contribution in [0.5, 0.6) is 5.75 Å². The van der Waals surface area contributed by atoms with Crippen molar-refractivity contribution < 1.29 is 9.47 Å². The number of ether oxygens (including phenoxy) is 2. The molecule has 2 N–H and O–H groups in total. The molecule has 0 spiro atoms. The zero-order chi connectivity index (χ0) is 20.0. The zero-order valence-electron chi connectivity index (χ0n) is 17.1. The van der Waals surface area contributed by atoms with Gasteiger partial charge in [-0.1, -0.05) is 30.3 Å². The SMILES string of the molecule is CCNC(=NCc1ccc(NCCOC)cc1)N(C)CCOc1ccccc1. The van der Waals surface area contributed by atoms with Crippen LogP contribution in [-0.4, -0.2) is 57.9 Å². The maximum absolute atomic E-state index is 5.78. The van der Waals surface area contributed by atoms with Crippen molar-refractivity contribution in [3.8, 4) is 5.75 Å². The summed E-state index contributed by atoms with van der Waals surface area (Å²) in [5.41, 5.74) is 2.26. The highest BCUT2D eigenvalue weighted by molar-refractivity contribution is 5.79. The minimum absolute atomic E-state index is 0.604. The molecule has 0 unspecified atom stereocenters. The van der Waals surface area contributed by atoms with E-state index in [1.54, 1.807) is 7.11 Å². The molecule has 2 aromatic rings. The number of methoxy groups -OCH3 is 1. The second-order valence-electron chi connectivity index (χ2n) is 6.37. The normalized spacial score (nSPS) is 11.2. The number of nitrogens with zero attached hydrogens (tertiary/aromatic N) is 2. The molecule has 152 valence electrons. The number of para-hydroxylation sites is 1. The van der Waals surface area contributed by atoms with Crippen LogP contribution in [0.1, 0.15) is 12.5 Å². The number of anilines is 1. The Labute approximate surface area is 168 Å². The van der Waals surface area contributed by atoms with Crippen LogP contribution in [0.15, 0.2) is 59.6 Å². The van der Waals surface area contributed by atoms with Gasteiger partial charge in [-0.05, 0) is 36.8 Å². The molecule has 0 aliphatic carbocycles. The lowest BCUT2D eigenvalue weighted by molar-refractivity contribution is 0.211. The minimum atomic E-state index is 0.604. The van der Waals surface area contributed by atoms with Gasteiger partial charge in [-0.2, -0.15) is 0 Å². The van der Waals surface area contributed by atoms with E-state index in [2.05, 4.69) is 46.7 Å². The van der Waals surface area contributed by atoms with Gasteiger partial charge in [-0.3, -0.25) is 0 Å². The fourth-order valence-corrected chi connectivity index (χ4v) is 2.58. The molecule has 0 saturated carbocycles. The van der Waals surface area contributed by atoms with E-state index in [1.807, 2.05) is 37.4 Å². The van der Waals surface area contributed by atoms with Crippen molar-refractivity contribution in [3.63, 3.8) is 0 Å². The molecule has 0 fully saturated rings. The molecule has 0 aromatic heterocycles. The van der Waals surface area contributed by atoms with Gasteiger partial charge in [-0.25, -0.2) is 4.99 Å². The van der Waals surface area contributed by atoms with Gasteiger partial charge in [0.1, 0.15) is 12.4 Å². The van der Waals surface area contributed by atoms with E-state index in [9.17, 15) is 0 Å². The molecule has 0 saturated heterocycles. The molecule has 28 heavy (non-hydrogen) atoms. The highest BCUT2D eigenvalue weighted by Gasteiger charge is 2.06. The predicted molar refractivity (Wildman–Crippen MR) is 116 cm³/mol. The summed E-state index contributed by atoms with van der Waals surface area (Å²) < 4.78 is 10.8. The van der Waals surface area contributed by atoms with Crippen molar-refractivity contribution in [1.29, 1.82) is 0 Å². The highest BCUT2D eigenvalue weighted by atomic mass is 16.5. The first kappa shape index (κ1) is 21.6. The number of rotatable bonds is 11. The maximum atomic E-state index is 5.78. The van der Waals surface area contributed by atoms with E-state index >= 15 is 0 Å². The summed E-state index contributed by atoms with van der Waals surface area (Å²) in [4.78, 5) is 6.84. The summed E-state index contributed by atoms with van der Waals surface area (Å²) in [6, 6.07) is 18.2. The molecule has 6 heteroatoms. The van der Waals surface area contributed by atoms with Gasteiger partial charge in [0.2, 0.25) is 0 Å². The van der Waals surface area contributed by atoms with Gasteiger partial charge in [0.25, 0.3) is 0 Å². The van der Waals surface area contributed by atoms with Gasteiger partial charge >= 0.3 is 0 Å². The van der Waals surface area contributed by atoms with Gasteiger partial charge in [0.05, 0.1) is 19.7 Å². The number of benzene rings is 2. The number of likely N-dealkylation sites (N-methyl/N-ethyl adjacent to an activating group) is 1. The number of hydrogen-bond acceptors (Lipinski definition) is 4. The van der Waals surface area contributed by atoms with E-state index < -0.39 is 0 Å². The molecule has 0 aliphatic rings. The van der Waals surface area contributed by atoms with Crippen LogP contribution in [0.3, 0.4) is 0 Å². The van der Waals surface area contributed by atoms with Crippen molar-refractivity contribution in [1.82, 2.24) is 10.2 Å². The Kier molecular flexibility index (Phi) is 9.72. The molecule has 0 bridgehead atoms. The number of aliphatic imine (C=N–C) groups is 1. The lowest BCUT2D eigenvalue weighted by atomic mass is 10.2. The summed E-state index contributed by atoms with van der Waals surface area (Å²) in [7, 11) is 3.73. The summed E-state index contributed by atoms with van der Waals surface area (Å²) in [5.74, 6) is 1.76. The molecule has 0 radical (unpaired) electrons. The van der Waals surface area contributed by atoms with E-state index in [-0.39, 0.29) is 0 Å². The molecule has 2 rings (SSSR count). The smallest absolute Gasteiger partial charge is 0.194 e. The number of hydrogen-bond donors (Lipinski definition) is 2. The van der Waals surface area contributed by atoms with Crippen LogP contribution in [0, 0.1) is 0 Å². The quantitative estimate of drug-likeness (QED) is 0.354. The summed E-state index contributed by atoms with van der Waals surface area (Å²) >= 11 is 0. The van der Waals surface area contributed by atoms with Crippen molar-refractivity contribution in [2.75, 3.05) is 52.3 Å². The van der Waals surface area contributed by atoms with Crippen molar-refractivity contribution in [2.24, 2.45) is 4.99 Å². The Morgan fingerprint density at radius 2 is 1.79 bits per heavy atom. The average molecular weight is 385 g/mol. The molecular weight excluding hydrogens is 352 g/mol. The topological polar surface area (TPSA) is 58.1 Å². The molecule has 0 atom stereocenters.